The Balaban J connectivity index is 1.94. The van der Waals surface area contributed by atoms with Gasteiger partial charge in [-0.05, 0) is 50.0 Å². The summed E-state index contributed by atoms with van der Waals surface area (Å²) in [4.78, 5) is 0. The quantitative estimate of drug-likeness (QED) is 0.643. The number of benzene rings is 1. The Morgan fingerprint density at radius 1 is 1.07 bits per heavy atom. The van der Waals surface area contributed by atoms with Gasteiger partial charge in [-0.2, -0.15) is 0 Å². The molecule has 1 aliphatic rings. The van der Waals surface area contributed by atoms with Gasteiger partial charge in [-0.25, -0.2) is 0 Å². The zero-order valence-corrected chi connectivity index (χ0v) is 10.1. The Hall–Kier alpha value is -0.490. The Morgan fingerprint density at radius 3 is 2.20 bits per heavy atom. The molecule has 0 saturated heterocycles. The van der Waals surface area contributed by atoms with Crippen LogP contribution in [0.15, 0.2) is 30.3 Å². The van der Waals surface area contributed by atoms with E-state index in [-0.39, 0.29) is 0 Å². The summed E-state index contributed by atoms with van der Waals surface area (Å²) in [5.74, 6) is 1.52. The first-order valence-corrected chi connectivity index (χ1v) is 6.40. The molecule has 82 valence electrons. The lowest BCUT2D eigenvalue weighted by molar-refractivity contribution is 0.322. The third-order valence-electron chi connectivity index (χ3n) is 3.69. The maximum absolute atomic E-state index is 6.15. The molecular weight excluding hydrogens is 204 g/mol. The summed E-state index contributed by atoms with van der Waals surface area (Å²) >= 11 is 6.15. The predicted octanol–water partition coefficient (Wildman–Crippen LogP) is 4.59. The van der Waals surface area contributed by atoms with Gasteiger partial charge in [0, 0.05) is 5.38 Å². The van der Waals surface area contributed by atoms with E-state index >= 15 is 0 Å². The van der Waals surface area contributed by atoms with E-state index in [2.05, 4.69) is 37.3 Å². The van der Waals surface area contributed by atoms with Crippen LogP contribution in [0.5, 0.6) is 0 Å². The van der Waals surface area contributed by atoms with Crippen LogP contribution in [0, 0.1) is 5.92 Å². The molecule has 1 unspecified atom stereocenters. The molecule has 1 saturated carbocycles. The summed E-state index contributed by atoms with van der Waals surface area (Å²) in [6, 6.07) is 10.9. The van der Waals surface area contributed by atoms with Crippen molar-refractivity contribution >= 4 is 11.6 Å². The summed E-state index contributed by atoms with van der Waals surface area (Å²) in [6.45, 7) is 2.13. The Bertz CT molecular complexity index is 283. The molecule has 0 radical (unpaired) electrons. The Kier molecular flexibility index (Phi) is 3.69. The molecular formula is C14H19Cl. The molecule has 1 aromatic carbocycles. The van der Waals surface area contributed by atoms with Gasteiger partial charge >= 0.3 is 0 Å². The first-order valence-electron chi connectivity index (χ1n) is 5.96. The number of hydrogen-bond acceptors (Lipinski definition) is 0. The lowest BCUT2D eigenvalue weighted by atomic mass is 9.78. The van der Waals surface area contributed by atoms with Crippen molar-refractivity contribution in [3.05, 3.63) is 35.9 Å². The van der Waals surface area contributed by atoms with Crippen LogP contribution in [0.4, 0.5) is 0 Å². The van der Waals surface area contributed by atoms with Crippen molar-refractivity contribution in [2.45, 2.75) is 43.9 Å². The van der Waals surface area contributed by atoms with Crippen LogP contribution in [0.2, 0.25) is 0 Å². The van der Waals surface area contributed by atoms with Crippen LogP contribution >= 0.6 is 11.6 Å². The molecule has 0 aromatic heterocycles. The lowest BCUT2D eigenvalue weighted by Gasteiger charge is -2.30. The topological polar surface area (TPSA) is 0 Å². The molecule has 0 aliphatic heterocycles. The van der Waals surface area contributed by atoms with E-state index in [1.54, 1.807) is 0 Å². The van der Waals surface area contributed by atoms with Crippen LogP contribution in [0.1, 0.15) is 44.1 Å². The minimum absolute atomic E-state index is 0.349. The van der Waals surface area contributed by atoms with Gasteiger partial charge < -0.3 is 0 Å². The maximum atomic E-state index is 6.15. The van der Waals surface area contributed by atoms with Gasteiger partial charge in [0.25, 0.3) is 0 Å². The maximum Gasteiger partial charge on any atom is 0.0336 e. The second-order valence-electron chi connectivity index (χ2n) is 4.70. The van der Waals surface area contributed by atoms with E-state index in [9.17, 15) is 0 Å². The fourth-order valence-corrected chi connectivity index (χ4v) is 2.89. The zero-order valence-electron chi connectivity index (χ0n) is 9.33. The molecule has 0 bridgehead atoms. The summed E-state index contributed by atoms with van der Waals surface area (Å²) in [6.07, 6.45) is 5.21. The van der Waals surface area contributed by atoms with E-state index in [0.29, 0.717) is 5.38 Å². The van der Waals surface area contributed by atoms with Crippen molar-refractivity contribution in [1.82, 2.24) is 0 Å². The summed E-state index contributed by atoms with van der Waals surface area (Å²) < 4.78 is 0. The van der Waals surface area contributed by atoms with E-state index < -0.39 is 0 Å². The summed E-state index contributed by atoms with van der Waals surface area (Å²) in [5, 5.41) is 0.349. The number of hydrogen-bond donors (Lipinski definition) is 0. The highest BCUT2D eigenvalue weighted by molar-refractivity contribution is 6.20. The molecule has 15 heavy (non-hydrogen) atoms. The Morgan fingerprint density at radius 2 is 1.67 bits per heavy atom. The summed E-state index contributed by atoms with van der Waals surface area (Å²) in [7, 11) is 0. The van der Waals surface area contributed by atoms with Crippen molar-refractivity contribution < 1.29 is 0 Å². The van der Waals surface area contributed by atoms with Crippen LogP contribution in [0.3, 0.4) is 0 Å². The first-order chi connectivity index (χ1) is 7.27. The molecule has 1 aromatic rings. The molecule has 1 heteroatoms. The number of halogens is 1. The molecule has 0 amide bonds. The zero-order chi connectivity index (χ0) is 10.7. The van der Waals surface area contributed by atoms with Gasteiger partial charge in [0.2, 0.25) is 0 Å². The molecule has 1 fully saturated rings. The SMILES string of the molecule is CC(Cl)C1CCC(c2ccccc2)CC1. The second kappa shape index (κ2) is 5.03. The Labute approximate surface area is 97.6 Å². The van der Waals surface area contributed by atoms with Crippen molar-refractivity contribution in [3.63, 3.8) is 0 Å². The molecule has 0 spiro atoms. The van der Waals surface area contributed by atoms with Gasteiger partial charge in [-0.3, -0.25) is 0 Å². The van der Waals surface area contributed by atoms with Gasteiger partial charge in [0.05, 0.1) is 0 Å². The highest BCUT2D eigenvalue weighted by atomic mass is 35.5. The smallest absolute Gasteiger partial charge is 0.0336 e. The molecule has 2 rings (SSSR count). The van der Waals surface area contributed by atoms with E-state index in [4.69, 9.17) is 11.6 Å². The number of rotatable bonds is 2. The van der Waals surface area contributed by atoms with Crippen LogP contribution in [0.25, 0.3) is 0 Å². The van der Waals surface area contributed by atoms with Gasteiger partial charge in [0.15, 0.2) is 0 Å². The third kappa shape index (κ3) is 2.75. The van der Waals surface area contributed by atoms with Crippen molar-refractivity contribution in [2.75, 3.05) is 0 Å². The van der Waals surface area contributed by atoms with Crippen LogP contribution in [-0.4, -0.2) is 5.38 Å². The van der Waals surface area contributed by atoms with Crippen molar-refractivity contribution in [2.24, 2.45) is 5.92 Å². The lowest BCUT2D eigenvalue weighted by Crippen LogP contribution is -2.19. The average molecular weight is 223 g/mol. The highest BCUT2D eigenvalue weighted by Crippen LogP contribution is 2.37. The monoisotopic (exact) mass is 222 g/mol. The number of alkyl halides is 1. The molecule has 0 N–H and O–H groups in total. The fraction of sp³-hybridized carbons (Fsp3) is 0.571. The molecule has 0 nitrogen and oxygen atoms in total. The highest BCUT2D eigenvalue weighted by Gasteiger charge is 2.24. The molecule has 1 atom stereocenters. The molecule has 0 heterocycles. The minimum Gasteiger partial charge on any atom is -0.123 e. The van der Waals surface area contributed by atoms with Gasteiger partial charge in [-0.1, -0.05) is 30.3 Å². The van der Waals surface area contributed by atoms with Crippen LogP contribution in [-0.2, 0) is 0 Å². The average Bonchev–Trinajstić information content (AvgIpc) is 2.30. The predicted molar refractivity (Wildman–Crippen MR) is 66.5 cm³/mol. The molecule has 1 aliphatic carbocycles. The van der Waals surface area contributed by atoms with E-state index in [0.717, 1.165) is 11.8 Å². The summed E-state index contributed by atoms with van der Waals surface area (Å²) in [5.41, 5.74) is 1.51. The van der Waals surface area contributed by atoms with Crippen molar-refractivity contribution in [3.8, 4) is 0 Å². The largest absolute Gasteiger partial charge is 0.123 e. The second-order valence-corrected chi connectivity index (χ2v) is 5.39. The minimum atomic E-state index is 0.349. The van der Waals surface area contributed by atoms with Gasteiger partial charge in [0.1, 0.15) is 0 Å². The van der Waals surface area contributed by atoms with E-state index in [1.165, 1.54) is 31.2 Å². The normalized spacial score (nSPS) is 28.7. The van der Waals surface area contributed by atoms with E-state index in [1.807, 2.05) is 0 Å². The fourth-order valence-electron chi connectivity index (χ4n) is 2.64. The first kappa shape index (κ1) is 11.0. The third-order valence-corrected chi connectivity index (χ3v) is 4.05. The van der Waals surface area contributed by atoms with Crippen LogP contribution < -0.4 is 0 Å². The van der Waals surface area contributed by atoms with Crippen molar-refractivity contribution in [1.29, 1.82) is 0 Å². The standard InChI is InChI=1S/C14H19Cl/c1-11(15)12-7-9-14(10-8-12)13-5-3-2-4-6-13/h2-6,11-12,14H,7-10H2,1H3. The van der Waals surface area contributed by atoms with Gasteiger partial charge in [-0.15, -0.1) is 11.6 Å².